The summed E-state index contributed by atoms with van der Waals surface area (Å²) in [5.74, 6) is 0. The summed E-state index contributed by atoms with van der Waals surface area (Å²) >= 11 is 0. The second-order valence-corrected chi connectivity index (χ2v) is 4.87. The molecule has 2 fully saturated rings. The van der Waals surface area contributed by atoms with Gasteiger partial charge < -0.3 is 0 Å². The molecule has 3 heterocycles. The molecule has 2 aliphatic heterocycles. The van der Waals surface area contributed by atoms with Crippen LogP contribution in [0.2, 0.25) is 0 Å². The first kappa shape index (κ1) is 10.8. The number of H-pyrrole nitrogens is 1. The van der Waals surface area contributed by atoms with Crippen LogP contribution in [0.1, 0.15) is 24.6 Å². The van der Waals surface area contributed by atoms with Crippen LogP contribution in [0.5, 0.6) is 0 Å². The number of rotatable bonds is 2. The van der Waals surface area contributed by atoms with Crippen LogP contribution in [0.15, 0.2) is 12.3 Å². The van der Waals surface area contributed by atoms with Gasteiger partial charge in [0.2, 0.25) is 0 Å². The Balaban J connectivity index is 1.73. The molecule has 2 aliphatic rings. The second-order valence-electron chi connectivity index (χ2n) is 4.87. The standard InChI is InChI=1S/C12H17N5/c13-8-12(11-3-4-14-15-11)17-7-6-16-5-1-2-10(16)9-17/h3-4,10,12H,1-2,5-7,9H2,(H,14,15)/t10-,12?/m1/s1. The van der Waals surface area contributed by atoms with E-state index in [9.17, 15) is 5.26 Å². The molecule has 90 valence electrons. The molecular formula is C12H17N5. The van der Waals surface area contributed by atoms with Crippen molar-refractivity contribution in [3.05, 3.63) is 18.0 Å². The Bertz CT molecular complexity index is 407. The molecule has 2 atom stereocenters. The van der Waals surface area contributed by atoms with E-state index in [4.69, 9.17) is 0 Å². The SMILES string of the molecule is N#CC(c1ccn[nH]1)N1CCN2CCC[C@@H]2C1. The summed E-state index contributed by atoms with van der Waals surface area (Å²) in [6, 6.07) is 4.78. The summed E-state index contributed by atoms with van der Waals surface area (Å²) in [4.78, 5) is 4.83. The number of piperazine rings is 1. The van der Waals surface area contributed by atoms with Gasteiger partial charge in [-0.3, -0.25) is 14.9 Å². The molecule has 2 saturated heterocycles. The third-order valence-electron chi connectivity index (χ3n) is 3.92. The minimum Gasteiger partial charge on any atom is -0.298 e. The minimum atomic E-state index is -0.166. The quantitative estimate of drug-likeness (QED) is 0.816. The van der Waals surface area contributed by atoms with E-state index in [1.807, 2.05) is 6.07 Å². The van der Waals surface area contributed by atoms with Crippen LogP contribution in [0.3, 0.4) is 0 Å². The van der Waals surface area contributed by atoms with Crippen LogP contribution in [-0.4, -0.2) is 52.2 Å². The Hall–Kier alpha value is -1.38. The van der Waals surface area contributed by atoms with Crippen LogP contribution in [-0.2, 0) is 0 Å². The average Bonchev–Trinajstić information content (AvgIpc) is 2.99. The Morgan fingerprint density at radius 2 is 2.41 bits per heavy atom. The lowest BCUT2D eigenvalue weighted by Crippen LogP contribution is -2.50. The molecule has 0 bridgehead atoms. The van der Waals surface area contributed by atoms with Crippen LogP contribution < -0.4 is 0 Å². The molecular weight excluding hydrogens is 214 g/mol. The molecule has 0 saturated carbocycles. The van der Waals surface area contributed by atoms with E-state index in [0.717, 1.165) is 25.3 Å². The molecule has 17 heavy (non-hydrogen) atoms. The van der Waals surface area contributed by atoms with Gasteiger partial charge in [-0.05, 0) is 25.5 Å². The van der Waals surface area contributed by atoms with E-state index in [0.29, 0.717) is 6.04 Å². The maximum absolute atomic E-state index is 9.34. The molecule has 5 nitrogen and oxygen atoms in total. The lowest BCUT2D eigenvalue weighted by molar-refractivity contribution is 0.0864. The molecule has 0 aromatic carbocycles. The highest BCUT2D eigenvalue weighted by atomic mass is 15.3. The van der Waals surface area contributed by atoms with Gasteiger partial charge in [0.1, 0.15) is 6.04 Å². The molecule has 0 aliphatic carbocycles. The van der Waals surface area contributed by atoms with Crippen molar-refractivity contribution in [2.75, 3.05) is 26.2 Å². The number of nitriles is 1. The Kier molecular flexibility index (Phi) is 2.83. The van der Waals surface area contributed by atoms with Crippen molar-refractivity contribution in [3.8, 4) is 6.07 Å². The summed E-state index contributed by atoms with van der Waals surface area (Å²) in [5, 5.41) is 16.2. The zero-order chi connectivity index (χ0) is 11.7. The maximum Gasteiger partial charge on any atom is 0.140 e. The third-order valence-corrected chi connectivity index (χ3v) is 3.92. The minimum absolute atomic E-state index is 0.166. The Morgan fingerprint density at radius 1 is 1.47 bits per heavy atom. The number of aromatic amines is 1. The van der Waals surface area contributed by atoms with Gasteiger partial charge in [0.15, 0.2) is 0 Å². The molecule has 3 rings (SSSR count). The molecule has 5 heteroatoms. The summed E-state index contributed by atoms with van der Waals surface area (Å²) in [5.41, 5.74) is 0.916. The first-order chi connectivity index (χ1) is 8.38. The average molecular weight is 231 g/mol. The van der Waals surface area contributed by atoms with Crippen LogP contribution in [0.25, 0.3) is 0 Å². The van der Waals surface area contributed by atoms with Crippen molar-refractivity contribution in [1.82, 2.24) is 20.0 Å². The van der Waals surface area contributed by atoms with Crippen molar-refractivity contribution in [2.24, 2.45) is 0 Å². The van der Waals surface area contributed by atoms with Gasteiger partial charge in [0, 0.05) is 31.9 Å². The Labute approximate surface area is 101 Å². The molecule has 0 radical (unpaired) electrons. The highest BCUT2D eigenvalue weighted by Gasteiger charge is 2.34. The highest BCUT2D eigenvalue weighted by Crippen LogP contribution is 2.26. The summed E-state index contributed by atoms with van der Waals surface area (Å²) in [7, 11) is 0. The fraction of sp³-hybridized carbons (Fsp3) is 0.667. The monoisotopic (exact) mass is 231 g/mol. The molecule has 1 aromatic rings. The van der Waals surface area contributed by atoms with Gasteiger partial charge in [-0.15, -0.1) is 0 Å². The zero-order valence-corrected chi connectivity index (χ0v) is 9.84. The summed E-state index contributed by atoms with van der Waals surface area (Å²) < 4.78 is 0. The molecule has 0 amide bonds. The van der Waals surface area contributed by atoms with E-state index in [2.05, 4.69) is 26.1 Å². The van der Waals surface area contributed by atoms with Crippen LogP contribution in [0, 0.1) is 11.3 Å². The zero-order valence-electron chi connectivity index (χ0n) is 9.84. The largest absolute Gasteiger partial charge is 0.298 e. The van der Waals surface area contributed by atoms with Crippen molar-refractivity contribution in [1.29, 1.82) is 5.26 Å². The van der Waals surface area contributed by atoms with Gasteiger partial charge in [0.05, 0.1) is 11.8 Å². The molecule has 1 unspecified atom stereocenters. The van der Waals surface area contributed by atoms with E-state index < -0.39 is 0 Å². The number of aromatic nitrogens is 2. The molecule has 1 aromatic heterocycles. The number of nitrogens with one attached hydrogen (secondary N) is 1. The summed E-state index contributed by atoms with van der Waals surface area (Å²) in [6.45, 7) is 4.32. The lowest BCUT2D eigenvalue weighted by Gasteiger charge is -2.39. The number of fused-ring (bicyclic) bond motifs is 1. The van der Waals surface area contributed by atoms with E-state index in [-0.39, 0.29) is 6.04 Å². The second kappa shape index (κ2) is 4.47. The predicted molar refractivity (Wildman–Crippen MR) is 63.1 cm³/mol. The number of hydrogen-bond acceptors (Lipinski definition) is 4. The molecule has 0 spiro atoms. The van der Waals surface area contributed by atoms with Crippen molar-refractivity contribution in [3.63, 3.8) is 0 Å². The smallest absolute Gasteiger partial charge is 0.140 e. The topological polar surface area (TPSA) is 59.0 Å². The van der Waals surface area contributed by atoms with E-state index >= 15 is 0 Å². The van der Waals surface area contributed by atoms with Gasteiger partial charge in [-0.1, -0.05) is 0 Å². The van der Waals surface area contributed by atoms with E-state index in [1.165, 1.54) is 19.4 Å². The maximum atomic E-state index is 9.34. The number of nitrogens with zero attached hydrogens (tertiary/aromatic N) is 4. The first-order valence-corrected chi connectivity index (χ1v) is 6.25. The predicted octanol–water partition coefficient (Wildman–Crippen LogP) is 0.754. The van der Waals surface area contributed by atoms with Crippen molar-refractivity contribution >= 4 is 0 Å². The highest BCUT2D eigenvalue weighted by molar-refractivity contribution is 5.14. The van der Waals surface area contributed by atoms with Gasteiger partial charge >= 0.3 is 0 Å². The lowest BCUT2D eigenvalue weighted by atomic mass is 10.1. The third kappa shape index (κ3) is 1.94. The Morgan fingerprint density at radius 3 is 3.18 bits per heavy atom. The fourth-order valence-corrected chi connectivity index (χ4v) is 3.02. The fourth-order valence-electron chi connectivity index (χ4n) is 3.02. The van der Waals surface area contributed by atoms with Crippen molar-refractivity contribution in [2.45, 2.75) is 24.9 Å². The molecule has 1 N–H and O–H groups in total. The van der Waals surface area contributed by atoms with Crippen LogP contribution >= 0.6 is 0 Å². The van der Waals surface area contributed by atoms with Gasteiger partial charge in [-0.2, -0.15) is 10.4 Å². The summed E-state index contributed by atoms with van der Waals surface area (Å²) in [6.07, 6.45) is 4.29. The van der Waals surface area contributed by atoms with Gasteiger partial charge in [0.25, 0.3) is 0 Å². The normalized spacial score (nSPS) is 27.6. The van der Waals surface area contributed by atoms with Crippen molar-refractivity contribution < 1.29 is 0 Å². The first-order valence-electron chi connectivity index (χ1n) is 6.25. The van der Waals surface area contributed by atoms with Gasteiger partial charge in [-0.25, -0.2) is 0 Å². The van der Waals surface area contributed by atoms with E-state index in [1.54, 1.807) is 6.20 Å². The number of hydrogen-bond donors (Lipinski definition) is 1. The van der Waals surface area contributed by atoms with Crippen LogP contribution in [0.4, 0.5) is 0 Å².